The van der Waals surface area contributed by atoms with Crippen molar-refractivity contribution in [2.75, 3.05) is 0 Å². The lowest BCUT2D eigenvalue weighted by Gasteiger charge is -2.00. The first kappa shape index (κ1) is 8.99. The smallest absolute Gasteiger partial charge is 0.250 e. The van der Waals surface area contributed by atoms with Gasteiger partial charge in [0.05, 0.1) is 5.56 Å². The van der Waals surface area contributed by atoms with Crippen LogP contribution < -0.4 is 5.73 Å². The molecule has 1 aromatic carbocycles. The van der Waals surface area contributed by atoms with Gasteiger partial charge in [-0.05, 0) is 50.7 Å². The Bertz CT molecular complexity index is 280. The summed E-state index contributed by atoms with van der Waals surface area (Å²) in [4.78, 5) is 10.8. The molecular weight excluding hydrogens is 321 g/mol. The summed E-state index contributed by atoms with van der Waals surface area (Å²) in [5.41, 5.74) is 5.69. The van der Waals surface area contributed by atoms with Gasteiger partial charge in [-0.3, -0.25) is 4.79 Å². The Balaban J connectivity index is 3.32. The van der Waals surface area contributed by atoms with Crippen LogP contribution in [0.4, 0.5) is 0 Å². The van der Waals surface area contributed by atoms with Gasteiger partial charge in [-0.2, -0.15) is 0 Å². The Morgan fingerprint density at radius 2 is 2.18 bits per heavy atom. The molecule has 58 valence electrons. The van der Waals surface area contributed by atoms with Crippen molar-refractivity contribution in [3.05, 3.63) is 31.8 Å². The number of carbonyl (C=O) groups excluding carboxylic acids is 1. The average molecular weight is 326 g/mol. The van der Waals surface area contributed by atoms with Crippen molar-refractivity contribution < 1.29 is 4.79 Å². The molecule has 0 saturated carbocycles. The molecule has 0 aromatic heterocycles. The van der Waals surface area contributed by atoms with Crippen LogP contribution in [0.25, 0.3) is 0 Å². The van der Waals surface area contributed by atoms with Gasteiger partial charge in [0, 0.05) is 8.04 Å². The minimum atomic E-state index is -0.401. The lowest BCUT2D eigenvalue weighted by Crippen LogP contribution is -2.13. The maximum atomic E-state index is 10.8. The molecule has 11 heavy (non-hydrogen) atoms. The fraction of sp³-hybridized carbons (Fsp3) is 0. The number of halogens is 2. The van der Waals surface area contributed by atoms with Gasteiger partial charge in [-0.25, -0.2) is 0 Å². The summed E-state index contributed by atoms with van der Waals surface area (Å²) in [5, 5.41) is 0. The van der Waals surface area contributed by atoms with Crippen LogP contribution in [-0.4, -0.2) is 5.91 Å². The van der Waals surface area contributed by atoms with E-state index >= 15 is 0 Å². The molecular formula is C7H5BrINO. The third-order valence-corrected chi connectivity index (χ3v) is 2.77. The summed E-state index contributed by atoms with van der Waals surface area (Å²) in [6.07, 6.45) is 0. The van der Waals surface area contributed by atoms with Crippen molar-refractivity contribution in [3.8, 4) is 0 Å². The molecule has 0 atom stereocenters. The number of amides is 1. The molecule has 0 saturated heterocycles. The van der Waals surface area contributed by atoms with E-state index in [1.165, 1.54) is 0 Å². The maximum Gasteiger partial charge on any atom is 0.250 e. The van der Waals surface area contributed by atoms with Gasteiger partial charge in [-0.15, -0.1) is 0 Å². The normalized spacial score (nSPS) is 9.64. The van der Waals surface area contributed by atoms with Gasteiger partial charge in [0.1, 0.15) is 0 Å². The zero-order valence-corrected chi connectivity index (χ0v) is 9.22. The SMILES string of the molecule is NC(=O)c1c(Br)cccc1I. The standard InChI is InChI=1S/C7H5BrINO/c8-4-2-1-3-5(9)6(4)7(10)11/h1-3H,(H2,10,11). The second-order valence-corrected chi connectivity index (χ2v) is 3.98. The number of hydrogen-bond acceptors (Lipinski definition) is 1. The molecule has 4 heteroatoms. The Hall–Kier alpha value is -0.100. The molecule has 0 radical (unpaired) electrons. The molecule has 2 N–H and O–H groups in total. The highest BCUT2D eigenvalue weighted by molar-refractivity contribution is 14.1. The first-order valence-corrected chi connectivity index (χ1v) is 4.74. The van der Waals surface area contributed by atoms with Crippen molar-refractivity contribution in [3.63, 3.8) is 0 Å². The van der Waals surface area contributed by atoms with Crippen LogP contribution in [0.15, 0.2) is 22.7 Å². The molecule has 0 aliphatic rings. The van der Waals surface area contributed by atoms with Crippen LogP contribution in [0.3, 0.4) is 0 Å². The van der Waals surface area contributed by atoms with Crippen molar-refractivity contribution in [1.82, 2.24) is 0 Å². The van der Waals surface area contributed by atoms with Crippen molar-refractivity contribution in [2.45, 2.75) is 0 Å². The number of nitrogens with two attached hydrogens (primary N) is 1. The van der Waals surface area contributed by atoms with E-state index in [2.05, 4.69) is 38.5 Å². The molecule has 1 aromatic rings. The highest BCUT2D eigenvalue weighted by Crippen LogP contribution is 2.21. The lowest BCUT2D eigenvalue weighted by molar-refractivity contribution is 0.0998. The van der Waals surface area contributed by atoms with E-state index in [4.69, 9.17) is 5.73 Å². The molecule has 0 aliphatic heterocycles. The molecule has 2 nitrogen and oxygen atoms in total. The predicted octanol–water partition coefficient (Wildman–Crippen LogP) is 2.15. The summed E-state index contributed by atoms with van der Waals surface area (Å²) in [6.45, 7) is 0. The molecule has 0 unspecified atom stereocenters. The maximum absolute atomic E-state index is 10.8. The molecule has 0 spiro atoms. The van der Waals surface area contributed by atoms with Crippen LogP contribution in [0.1, 0.15) is 10.4 Å². The molecule has 1 rings (SSSR count). The van der Waals surface area contributed by atoms with Gasteiger partial charge in [-0.1, -0.05) is 6.07 Å². The largest absolute Gasteiger partial charge is 0.366 e. The second kappa shape index (κ2) is 3.53. The Labute approximate surface area is 86.4 Å². The van der Waals surface area contributed by atoms with Crippen molar-refractivity contribution in [1.29, 1.82) is 0 Å². The van der Waals surface area contributed by atoms with Gasteiger partial charge in [0.25, 0.3) is 5.91 Å². The van der Waals surface area contributed by atoms with E-state index in [1.807, 2.05) is 12.1 Å². The van der Waals surface area contributed by atoms with E-state index in [9.17, 15) is 4.79 Å². The zero-order chi connectivity index (χ0) is 8.43. The van der Waals surface area contributed by atoms with Crippen LogP contribution in [0, 0.1) is 3.57 Å². The van der Waals surface area contributed by atoms with Gasteiger partial charge in [0.2, 0.25) is 0 Å². The van der Waals surface area contributed by atoms with Gasteiger partial charge in [0.15, 0.2) is 0 Å². The van der Waals surface area contributed by atoms with E-state index in [1.54, 1.807) is 6.07 Å². The van der Waals surface area contributed by atoms with Crippen LogP contribution in [0.2, 0.25) is 0 Å². The van der Waals surface area contributed by atoms with Crippen LogP contribution >= 0.6 is 38.5 Å². The average Bonchev–Trinajstić information content (AvgIpc) is 1.85. The predicted molar refractivity (Wildman–Crippen MR) is 55.4 cm³/mol. The summed E-state index contributed by atoms with van der Waals surface area (Å²) in [5.74, 6) is -0.401. The minimum Gasteiger partial charge on any atom is -0.366 e. The van der Waals surface area contributed by atoms with Crippen molar-refractivity contribution >= 4 is 44.4 Å². The summed E-state index contributed by atoms with van der Waals surface area (Å²) >= 11 is 5.31. The van der Waals surface area contributed by atoms with E-state index in [0.717, 1.165) is 8.04 Å². The van der Waals surface area contributed by atoms with Gasteiger partial charge >= 0.3 is 0 Å². The van der Waals surface area contributed by atoms with Crippen molar-refractivity contribution in [2.24, 2.45) is 5.73 Å². The third kappa shape index (κ3) is 1.93. The Kier molecular flexibility index (Phi) is 2.89. The van der Waals surface area contributed by atoms with E-state index in [-0.39, 0.29) is 0 Å². The number of hydrogen-bond donors (Lipinski definition) is 1. The topological polar surface area (TPSA) is 43.1 Å². The minimum absolute atomic E-state index is 0.401. The molecule has 0 fully saturated rings. The summed E-state index contributed by atoms with van der Waals surface area (Å²) in [6, 6.07) is 5.49. The number of carbonyl (C=O) groups is 1. The van der Waals surface area contributed by atoms with Crippen LogP contribution in [0.5, 0.6) is 0 Å². The monoisotopic (exact) mass is 325 g/mol. The Morgan fingerprint density at radius 3 is 2.55 bits per heavy atom. The highest BCUT2D eigenvalue weighted by atomic mass is 127. The molecule has 1 amide bonds. The first-order valence-electron chi connectivity index (χ1n) is 2.86. The fourth-order valence-electron chi connectivity index (χ4n) is 0.733. The first-order chi connectivity index (χ1) is 5.13. The van der Waals surface area contributed by atoms with E-state index < -0.39 is 5.91 Å². The zero-order valence-electron chi connectivity index (χ0n) is 5.47. The Morgan fingerprint density at radius 1 is 1.55 bits per heavy atom. The fourth-order valence-corrected chi connectivity index (χ4v) is 2.43. The van der Waals surface area contributed by atoms with Gasteiger partial charge < -0.3 is 5.73 Å². The summed E-state index contributed by atoms with van der Waals surface area (Å²) in [7, 11) is 0. The third-order valence-electron chi connectivity index (χ3n) is 1.21. The lowest BCUT2D eigenvalue weighted by atomic mass is 10.2. The summed E-state index contributed by atoms with van der Waals surface area (Å²) < 4.78 is 1.61. The quantitative estimate of drug-likeness (QED) is 0.790. The van der Waals surface area contributed by atoms with E-state index in [0.29, 0.717) is 5.56 Å². The number of rotatable bonds is 1. The number of benzene rings is 1. The molecule has 0 bridgehead atoms. The molecule has 0 aliphatic carbocycles. The van der Waals surface area contributed by atoms with Crippen LogP contribution in [-0.2, 0) is 0 Å². The molecule has 0 heterocycles. The second-order valence-electron chi connectivity index (χ2n) is 1.96. The number of primary amides is 1. The highest BCUT2D eigenvalue weighted by Gasteiger charge is 2.08.